The van der Waals surface area contributed by atoms with Crippen LogP contribution in [-0.2, 0) is 0 Å². The Morgan fingerprint density at radius 2 is 1.08 bits per heavy atom. The summed E-state index contributed by atoms with van der Waals surface area (Å²) in [6, 6.07) is 0. The van der Waals surface area contributed by atoms with Gasteiger partial charge in [-0.3, -0.25) is 0 Å². The van der Waals surface area contributed by atoms with E-state index in [-0.39, 0.29) is 0 Å². The van der Waals surface area contributed by atoms with Crippen molar-refractivity contribution in [3.8, 4) is 0 Å². The number of hydrogen-bond donors (Lipinski definition) is 0. The molecule has 0 heteroatoms. The first kappa shape index (κ1) is 17.2. The van der Waals surface area contributed by atoms with E-state index >= 15 is 0 Å². The summed E-state index contributed by atoms with van der Waals surface area (Å²) < 4.78 is 0. The van der Waals surface area contributed by atoms with Crippen LogP contribution in [0, 0.1) is 35.5 Å². The minimum atomic E-state index is 1.16. The highest BCUT2D eigenvalue weighted by Gasteiger charge is 2.50. The van der Waals surface area contributed by atoms with Crippen LogP contribution in [0.5, 0.6) is 0 Å². The highest BCUT2D eigenvalue weighted by molar-refractivity contribution is 5.01. The van der Waals surface area contributed by atoms with Gasteiger partial charge in [0.25, 0.3) is 0 Å². The van der Waals surface area contributed by atoms with Gasteiger partial charge in [0, 0.05) is 0 Å². The van der Waals surface area contributed by atoms with Gasteiger partial charge in [-0.15, -0.1) is 0 Å². The molecule has 24 heavy (non-hydrogen) atoms. The van der Waals surface area contributed by atoms with Gasteiger partial charge < -0.3 is 0 Å². The summed E-state index contributed by atoms with van der Waals surface area (Å²) in [5.74, 6) is 7.02. The Bertz CT molecular complexity index is 407. The third-order valence-electron chi connectivity index (χ3n) is 8.51. The molecule has 5 rings (SSSR count). The Balaban J connectivity index is 0.000000177. The van der Waals surface area contributed by atoms with E-state index in [9.17, 15) is 0 Å². The number of allylic oxidation sites excluding steroid dienone is 2. The van der Waals surface area contributed by atoms with Crippen molar-refractivity contribution in [2.24, 2.45) is 35.5 Å². The molecule has 4 unspecified atom stereocenters. The molecule has 0 bridgehead atoms. The first-order chi connectivity index (χ1) is 11.8. The third kappa shape index (κ3) is 3.63. The second kappa shape index (κ2) is 7.96. The molecule has 0 spiro atoms. The monoisotopic (exact) mass is 328 g/mol. The highest BCUT2D eigenvalue weighted by Crippen LogP contribution is 2.58. The van der Waals surface area contributed by atoms with E-state index in [1.165, 1.54) is 37.5 Å². The fourth-order valence-electron chi connectivity index (χ4n) is 7.45. The van der Waals surface area contributed by atoms with Gasteiger partial charge in [0.05, 0.1) is 0 Å². The van der Waals surface area contributed by atoms with Crippen LogP contribution in [-0.4, -0.2) is 0 Å². The molecule has 0 nitrogen and oxygen atoms in total. The average molecular weight is 329 g/mol. The fraction of sp³-hybridized carbons (Fsp3) is 0.917. The summed E-state index contributed by atoms with van der Waals surface area (Å²) >= 11 is 0. The van der Waals surface area contributed by atoms with Crippen molar-refractivity contribution in [2.75, 3.05) is 0 Å². The van der Waals surface area contributed by atoms with E-state index in [0.717, 1.165) is 23.7 Å². The molecule has 0 aromatic heterocycles. The van der Waals surface area contributed by atoms with Crippen molar-refractivity contribution in [2.45, 2.75) is 103 Å². The highest BCUT2D eigenvalue weighted by atomic mass is 14.5. The molecule has 0 saturated heterocycles. The second-order valence-electron chi connectivity index (χ2n) is 9.86. The van der Waals surface area contributed by atoms with Crippen LogP contribution in [0.2, 0.25) is 0 Å². The maximum Gasteiger partial charge on any atom is -0.0323 e. The van der Waals surface area contributed by atoms with Crippen LogP contribution in [0.3, 0.4) is 0 Å². The smallest absolute Gasteiger partial charge is 0.0323 e. The summed E-state index contributed by atoms with van der Waals surface area (Å²) in [5, 5.41) is 0. The Morgan fingerprint density at radius 1 is 0.583 bits per heavy atom. The molecule has 5 aliphatic carbocycles. The number of hydrogen-bond acceptors (Lipinski definition) is 0. The van der Waals surface area contributed by atoms with Gasteiger partial charge in [-0.05, 0) is 93.8 Å². The topological polar surface area (TPSA) is 0 Å². The molecule has 5 aliphatic rings. The maximum atomic E-state index is 2.35. The van der Waals surface area contributed by atoms with E-state index in [4.69, 9.17) is 0 Å². The molecular formula is C24H40. The van der Waals surface area contributed by atoms with E-state index in [1.807, 2.05) is 0 Å². The first-order valence-electron chi connectivity index (χ1n) is 11.5. The largest absolute Gasteiger partial charge is 0.0856 e. The molecule has 4 fully saturated rings. The van der Waals surface area contributed by atoms with E-state index in [1.54, 1.807) is 76.2 Å². The molecule has 4 saturated carbocycles. The predicted molar refractivity (Wildman–Crippen MR) is 104 cm³/mol. The Hall–Kier alpha value is -0.260. The van der Waals surface area contributed by atoms with Crippen LogP contribution in [0.4, 0.5) is 0 Å². The van der Waals surface area contributed by atoms with Crippen LogP contribution >= 0.6 is 0 Å². The average Bonchev–Trinajstić information content (AvgIpc) is 2.84. The van der Waals surface area contributed by atoms with Crippen molar-refractivity contribution in [1.82, 2.24) is 0 Å². The molecule has 0 aromatic rings. The van der Waals surface area contributed by atoms with Crippen molar-refractivity contribution in [1.29, 1.82) is 0 Å². The minimum absolute atomic E-state index is 1.16. The van der Waals surface area contributed by atoms with E-state index in [0.29, 0.717) is 0 Å². The number of rotatable bonds is 0. The van der Waals surface area contributed by atoms with E-state index in [2.05, 4.69) is 13.0 Å². The molecule has 0 aliphatic heterocycles. The van der Waals surface area contributed by atoms with Crippen molar-refractivity contribution in [3.05, 3.63) is 11.6 Å². The molecular weight excluding hydrogens is 288 g/mol. The lowest BCUT2D eigenvalue weighted by atomic mass is 9.50. The fourth-order valence-corrected chi connectivity index (χ4v) is 7.45. The quantitative estimate of drug-likeness (QED) is 0.403. The Morgan fingerprint density at radius 3 is 1.46 bits per heavy atom. The van der Waals surface area contributed by atoms with Crippen LogP contribution in [0.1, 0.15) is 103 Å². The van der Waals surface area contributed by atoms with Gasteiger partial charge >= 0.3 is 0 Å². The van der Waals surface area contributed by atoms with Gasteiger partial charge in [-0.2, -0.15) is 0 Å². The minimum Gasteiger partial charge on any atom is -0.0856 e. The first-order valence-corrected chi connectivity index (χ1v) is 11.5. The zero-order valence-electron chi connectivity index (χ0n) is 16.1. The van der Waals surface area contributed by atoms with Gasteiger partial charge in [-0.25, -0.2) is 0 Å². The second-order valence-corrected chi connectivity index (χ2v) is 9.86. The summed E-state index contributed by atoms with van der Waals surface area (Å²) in [6.07, 6.45) is 25.3. The Kier molecular flexibility index (Phi) is 5.70. The Labute approximate surface area is 150 Å². The predicted octanol–water partition coefficient (Wildman–Crippen LogP) is 7.54. The molecule has 0 amide bonds. The molecule has 136 valence electrons. The van der Waals surface area contributed by atoms with Crippen LogP contribution < -0.4 is 0 Å². The zero-order chi connectivity index (χ0) is 16.4. The SMILES string of the molecule is C1CCC2CCC3CCCC4CCC(C1)C2C43.CC1=CCCCC1. The lowest BCUT2D eigenvalue weighted by Gasteiger charge is -2.55. The standard InChI is InChI=1S/C17H28.C7H12/c1-2-5-13-9-11-15-7-3-6-14-10-8-12(4-1)16(13)17(14)15;1-7-5-3-2-4-6-7/h12-17H,1-11H2;5H,2-4,6H2,1H3. The van der Waals surface area contributed by atoms with Gasteiger partial charge in [0.1, 0.15) is 0 Å². The summed E-state index contributed by atoms with van der Waals surface area (Å²) in [7, 11) is 0. The lowest BCUT2D eigenvalue weighted by molar-refractivity contribution is -0.0544. The van der Waals surface area contributed by atoms with Crippen molar-refractivity contribution in [3.63, 3.8) is 0 Å². The molecule has 0 N–H and O–H groups in total. The van der Waals surface area contributed by atoms with Crippen LogP contribution in [0.25, 0.3) is 0 Å². The van der Waals surface area contributed by atoms with Crippen molar-refractivity contribution >= 4 is 0 Å². The normalized spacial score (nSPS) is 44.3. The maximum absolute atomic E-state index is 2.35. The van der Waals surface area contributed by atoms with E-state index < -0.39 is 0 Å². The lowest BCUT2D eigenvalue weighted by Crippen LogP contribution is -2.47. The molecule has 0 heterocycles. The third-order valence-corrected chi connectivity index (χ3v) is 8.51. The van der Waals surface area contributed by atoms with Gasteiger partial charge in [-0.1, -0.05) is 56.6 Å². The molecule has 4 atom stereocenters. The van der Waals surface area contributed by atoms with Gasteiger partial charge in [0.2, 0.25) is 0 Å². The summed E-state index contributed by atoms with van der Waals surface area (Å²) in [4.78, 5) is 0. The van der Waals surface area contributed by atoms with Crippen molar-refractivity contribution < 1.29 is 0 Å². The summed E-state index contributed by atoms with van der Waals surface area (Å²) in [6.45, 7) is 2.22. The molecule has 0 radical (unpaired) electrons. The molecule has 0 aromatic carbocycles. The van der Waals surface area contributed by atoms with Gasteiger partial charge in [0.15, 0.2) is 0 Å². The zero-order valence-corrected chi connectivity index (χ0v) is 16.1. The van der Waals surface area contributed by atoms with Crippen LogP contribution in [0.15, 0.2) is 11.6 Å². The summed E-state index contributed by atoms with van der Waals surface area (Å²) in [5.41, 5.74) is 1.59.